The summed E-state index contributed by atoms with van der Waals surface area (Å²) in [5.41, 5.74) is 1.28. The minimum atomic E-state index is 0. The molecule has 1 aromatic rings. The van der Waals surface area contributed by atoms with Crippen LogP contribution < -0.4 is 15.4 Å². The van der Waals surface area contributed by atoms with Crippen molar-refractivity contribution in [3.63, 3.8) is 0 Å². The van der Waals surface area contributed by atoms with Gasteiger partial charge in [0.2, 0.25) is 0 Å². The number of aliphatic imine (C=N–C) groups is 1. The summed E-state index contributed by atoms with van der Waals surface area (Å²) in [6, 6.07) is 8.32. The molecule has 26 heavy (non-hydrogen) atoms. The highest BCUT2D eigenvalue weighted by molar-refractivity contribution is 14.0. The fourth-order valence-electron chi connectivity index (χ4n) is 3.31. The van der Waals surface area contributed by atoms with Gasteiger partial charge in [-0.3, -0.25) is 9.89 Å². The predicted molar refractivity (Wildman–Crippen MR) is 116 cm³/mol. The molecule has 1 atom stereocenters. The molecule has 1 saturated heterocycles. The number of morpholine rings is 1. The molecule has 2 N–H and O–H groups in total. The van der Waals surface area contributed by atoms with Gasteiger partial charge in [-0.15, -0.1) is 24.0 Å². The Kier molecular flexibility index (Phi) is 9.49. The number of ether oxygens (including phenoxy) is 2. The molecule has 0 spiro atoms. The van der Waals surface area contributed by atoms with Gasteiger partial charge in [0.1, 0.15) is 5.75 Å². The normalized spacial score (nSPS) is 20.5. The Bertz CT molecular complexity index is 564. The van der Waals surface area contributed by atoms with Crippen molar-refractivity contribution in [1.29, 1.82) is 0 Å². The van der Waals surface area contributed by atoms with Gasteiger partial charge >= 0.3 is 0 Å². The second-order valence-electron chi connectivity index (χ2n) is 6.47. The molecule has 3 rings (SSSR count). The van der Waals surface area contributed by atoms with Crippen LogP contribution in [0.5, 0.6) is 5.75 Å². The lowest BCUT2D eigenvalue weighted by atomic mass is 9.93. The van der Waals surface area contributed by atoms with E-state index in [1.807, 2.05) is 6.07 Å². The molecule has 1 aromatic carbocycles. The van der Waals surface area contributed by atoms with Gasteiger partial charge in [-0.25, -0.2) is 0 Å². The van der Waals surface area contributed by atoms with Gasteiger partial charge in [0.05, 0.1) is 19.8 Å². The van der Waals surface area contributed by atoms with Crippen LogP contribution in [0.25, 0.3) is 0 Å². The number of halogens is 1. The third-order valence-corrected chi connectivity index (χ3v) is 4.72. The van der Waals surface area contributed by atoms with E-state index >= 15 is 0 Å². The second kappa shape index (κ2) is 11.6. The molecule has 7 heteroatoms. The van der Waals surface area contributed by atoms with Crippen molar-refractivity contribution in [2.75, 3.05) is 59.1 Å². The van der Waals surface area contributed by atoms with Crippen LogP contribution >= 0.6 is 24.0 Å². The van der Waals surface area contributed by atoms with E-state index in [1.165, 1.54) is 5.56 Å². The molecule has 0 aliphatic carbocycles. The van der Waals surface area contributed by atoms with Crippen LogP contribution in [-0.2, 0) is 4.74 Å². The summed E-state index contributed by atoms with van der Waals surface area (Å²) in [7, 11) is 0. The van der Waals surface area contributed by atoms with Gasteiger partial charge in [0.15, 0.2) is 5.96 Å². The molecule has 0 bridgehead atoms. The van der Waals surface area contributed by atoms with E-state index in [0.717, 1.165) is 77.2 Å². The topological polar surface area (TPSA) is 58.1 Å². The first-order chi connectivity index (χ1) is 12.4. The lowest BCUT2D eigenvalue weighted by Gasteiger charge is -2.27. The first kappa shape index (κ1) is 21.2. The van der Waals surface area contributed by atoms with Crippen LogP contribution in [0.3, 0.4) is 0 Å². The highest BCUT2D eigenvalue weighted by Gasteiger charge is 2.20. The van der Waals surface area contributed by atoms with Crippen LogP contribution in [0.2, 0.25) is 0 Å². The first-order valence-corrected chi connectivity index (χ1v) is 9.41. The fourth-order valence-corrected chi connectivity index (χ4v) is 3.31. The molecule has 0 aromatic heterocycles. The van der Waals surface area contributed by atoms with Gasteiger partial charge in [-0.2, -0.15) is 0 Å². The van der Waals surface area contributed by atoms with Crippen LogP contribution in [0.15, 0.2) is 29.3 Å². The van der Waals surface area contributed by atoms with Crippen molar-refractivity contribution >= 4 is 29.9 Å². The number of benzene rings is 1. The lowest BCUT2D eigenvalue weighted by Crippen LogP contribution is -2.44. The maximum Gasteiger partial charge on any atom is 0.191 e. The van der Waals surface area contributed by atoms with E-state index in [4.69, 9.17) is 14.5 Å². The van der Waals surface area contributed by atoms with Gasteiger partial charge in [-0.1, -0.05) is 18.2 Å². The van der Waals surface area contributed by atoms with Gasteiger partial charge in [0, 0.05) is 45.2 Å². The van der Waals surface area contributed by atoms with Crippen molar-refractivity contribution in [3.8, 4) is 5.75 Å². The monoisotopic (exact) mass is 474 g/mol. The van der Waals surface area contributed by atoms with Crippen LogP contribution in [0.1, 0.15) is 24.8 Å². The zero-order valence-corrected chi connectivity index (χ0v) is 17.9. The predicted octanol–water partition coefficient (Wildman–Crippen LogP) is 2.06. The lowest BCUT2D eigenvalue weighted by molar-refractivity contribution is 0.0389. The Balaban J connectivity index is 0.00000243. The van der Waals surface area contributed by atoms with E-state index in [1.54, 1.807) is 0 Å². The Morgan fingerprint density at radius 3 is 2.81 bits per heavy atom. The zero-order chi connectivity index (χ0) is 17.3. The zero-order valence-electron chi connectivity index (χ0n) is 15.6. The van der Waals surface area contributed by atoms with Crippen molar-refractivity contribution in [1.82, 2.24) is 15.5 Å². The highest BCUT2D eigenvalue weighted by Crippen LogP contribution is 2.33. The Labute approximate surface area is 173 Å². The summed E-state index contributed by atoms with van der Waals surface area (Å²) in [6.07, 6.45) is 1.02. The summed E-state index contributed by atoms with van der Waals surface area (Å²) in [4.78, 5) is 7.24. The maximum absolute atomic E-state index is 5.74. The van der Waals surface area contributed by atoms with Crippen LogP contribution in [0, 0.1) is 0 Å². The minimum absolute atomic E-state index is 0. The molecule has 146 valence electrons. The van der Waals surface area contributed by atoms with E-state index in [9.17, 15) is 0 Å². The standard InChI is InChI=1S/C19H30N4O2.HI/c1-2-20-19(21-8-9-23-10-13-24-14-11-23)22-15-16-7-12-25-18-6-4-3-5-17(16)18;/h3-6,16H,2,7-15H2,1H3,(H2,20,21,22);1H. The number of hydrogen-bond acceptors (Lipinski definition) is 4. The molecule has 0 saturated carbocycles. The Morgan fingerprint density at radius 2 is 2.00 bits per heavy atom. The van der Waals surface area contributed by atoms with Gasteiger partial charge < -0.3 is 20.1 Å². The van der Waals surface area contributed by atoms with Gasteiger partial charge in [-0.05, 0) is 25.0 Å². The number of hydrogen-bond donors (Lipinski definition) is 2. The molecule has 2 aliphatic heterocycles. The van der Waals surface area contributed by atoms with E-state index in [2.05, 4.69) is 40.7 Å². The number of fused-ring (bicyclic) bond motifs is 1. The molecular weight excluding hydrogens is 443 g/mol. The van der Waals surface area contributed by atoms with Crippen molar-refractivity contribution in [3.05, 3.63) is 29.8 Å². The third-order valence-electron chi connectivity index (χ3n) is 4.72. The average molecular weight is 474 g/mol. The summed E-state index contributed by atoms with van der Waals surface area (Å²) in [6.45, 7) is 10.2. The SMILES string of the molecule is CCNC(=NCC1CCOc2ccccc21)NCCN1CCOCC1.I. The second-order valence-corrected chi connectivity index (χ2v) is 6.47. The van der Waals surface area contributed by atoms with Crippen molar-refractivity contribution < 1.29 is 9.47 Å². The molecule has 0 amide bonds. The average Bonchev–Trinajstić information content (AvgIpc) is 2.67. The number of rotatable bonds is 6. The van der Waals surface area contributed by atoms with Crippen LogP contribution in [-0.4, -0.2) is 69.9 Å². The summed E-state index contributed by atoms with van der Waals surface area (Å²) < 4.78 is 11.1. The highest BCUT2D eigenvalue weighted by atomic mass is 127. The molecule has 2 aliphatic rings. The fraction of sp³-hybridized carbons (Fsp3) is 0.632. The number of para-hydroxylation sites is 1. The molecule has 1 fully saturated rings. The quantitative estimate of drug-likeness (QED) is 0.376. The van der Waals surface area contributed by atoms with Crippen molar-refractivity contribution in [2.45, 2.75) is 19.3 Å². The number of nitrogens with one attached hydrogen (secondary N) is 2. The summed E-state index contributed by atoms with van der Waals surface area (Å²) >= 11 is 0. The third kappa shape index (κ3) is 6.28. The first-order valence-electron chi connectivity index (χ1n) is 9.41. The largest absolute Gasteiger partial charge is 0.493 e. The van der Waals surface area contributed by atoms with E-state index in [0.29, 0.717) is 5.92 Å². The molecule has 1 unspecified atom stereocenters. The number of nitrogens with zero attached hydrogens (tertiary/aromatic N) is 2. The van der Waals surface area contributed by atoms with E-state index < -0.39 is 0 Å². The van der Waals surface area contributed by atoms with E-state index in [-0.39, 0.29) is 24.0 Å². The molecule has 0 radical (unpaired) electrons. The van der Waals surface area contributed by atoms with Crippen LogP contribution in [0.4, 0.5) is 0 Å². The number of guanidine groups is 1. The minimum Gasteiger partial charge on any atom is -0.493 e. The Morgan fingerprint density at radius 1 is 1.19 bits per heavy atom. The van der Waals surface area contributed by atoms with Crippen molar-refractivity contribution in [2.24, 2.45) is 4.99 Å². The van der Waals surface area contributed by atoms with Gasteiger partial charge in [0.25, 0.3) is 0 Å². The smallest absolute Gasteiger partial charge is 0.191 e. The Hall–Kier alpha value is -1.06. The maximum atomic E-state index is 5.74. The molecular formula is C19H31IN4O2. The summed E-state index contributed by atoms with van der Waals surface area (Å²) in [5.74, 6) is 2.35. The molecule has 2 heterocycles. The molecule has 6 nitrogen and oxygen atoms in total. The summed E-state index contributed by atoms with van der Waals surface area (Å²) in [5, 5.41) is 6.80.